The number of anilines is 1. The smallest absolute Gasteiger partial charge is 0.352 e. The Morgan fingerprint density at radius 1 is 1.31 bits per heavy atom. The molecule has 17 nitrogen and oxygen atoms in total. The summed E-state index contributed by atoms with van der Waals surface area (Å²) in [6.45, 7) is 0.681. The molecule has 0 bridgehead atoms. The number of nitrogen functional groups attached to an aromatic ring is 1. The highest BCUT2D eigenvalue weighted by Gasteiger charge is 2.54. The monoisotopic (exact) mass is 691 g/mol. The molecule has 4 aromatic heterocycles. The van der Waals surface area contributed by atoms with Gasteiger partial charge in [-0.05, 0) is 5.57 Å². The lowest BCUT2D eigenvalue weighted by Crippen LogP contribution is -2.71. The van der Waals surface area contributed by atoms with Gasteiger partial charge < -0.3 is 32.5 Å². The lowest BCUT2D eigenvalue weighted by molar-refractivity contribution is -0.661. The molecule has 6 heterocycles. The molecule has 45 heavy (non-hydrogen) atoms. The minimum absolute atomic E-state index is 0.0126. The number of hydrogen-bond acceptors (Lipinski definition) is 12. The standard InChI is InChI=1S/C24H23ClN12O5S3/c1-42-33-15(14-18(25)45-24(28)32-14)19(38)31-16-20(39)37-17(22(40)41)10(8-44-21(16)37)6-35-3-2-13-34(4-5-36(13)35)7-12-29-11(9-43-12)30-23(26)27/h2-5,9,16,21H,6-8H2,1H3,(H7-,26,27,28,30,31,32,38,40,41)/p+1/b33-15-/t16-,21-/m1/s1. The largest absolute Gasteiger partial charge is 0.477 e. The van der Waals surface area contributed by atoms with E-state index in [1.807, 2.05) is 38.4 Å². The second-order valence-electron chi connectivity index (χ2n) is 9.59. The van der Waals surface area contributed by atoms with E-state index in [9.17, 15) is 19.5 Å². The summed E-state index contributed by atoms with van der Waals surface area (Å²) in [6, 6.07) is 0.890. The number of halogens is 1. The number of nitrogens with zero attached hydrogens (tertiary/aromatic N) is 8. The lowest BCUT2D eigenvalue weighted by atomic mass is 10.0. The van der Waals surface area contributed by atoms with E-state index in [4.69, 9.17) is 33.6 Å². The molecule has 21 heteroatoms. The van der Waals surface area contributed by atoms with Crippen molar-refractivity contribution in [3.63, 3.8) is 0 Å². The maximum atomic E-state index is 13.3. The van der Waals surface area contributed by atoms with Gasteiger partial charge in [-0.15, -0.1) is 27.6 Å². The third kappa shape index (κ3) is 5.67. The van der Waals surface area contributed by atoms with Crippen molar-refractivity contribution in [2.75, 3.05) is 18.6 Å². The minimum atomic E-state index is -1.24. The van der Waals surface area contributed by atoms with Gasteiger partial charge in [0.15, 0.2) is 28.8 Å². The summed E-state index contributed by atoms with van der Waals surface area (Å²) in [7, 11) is 1.24. The first kappa shape index (κ1) is 30.4. The number of aromatic nitrogens is 5. The summed E-state index contributed by atoms with van der Waals surface area (Å²) in [5.41, 5.74) is 17.6. The third-order valence-electron chi connectivity index (χ3n) is 6.79. The number of carboxylic acid groups (broad SMARTS) is 1. The van der Waals surface area contributed by atoms with Crippen LogP contribution in [0.25, 0.3) is 5.65 Å². The van der Waals surface area contributed by atoms with Gasteiger partial charge in [-0.25, -0.2) is 24.0 Å². The van der Waals surface area contributed by atoms with Crippen molar-refractivity contribution in [2.45, 2.75) is 24.5 Å². The molecule has 2 amide bonds. The van der Waals surface area contributed by atoms with Crippen LogP contribution in [-0.2, 0) is 32.3 Å². The van der Waals surface area contributed by atoms with E-state index < -0.39 is 29.2 Å². The quantitative estimate of drug-likeness (QED) is 0.0485. The molecule has 2 aliphatic rings. The summed E-state index contributed by atoms with van der Waals surface area (Å²) < 4.78 is 5.83. The number of aliphatic carboxylic acids is 1. The van der Waals surface area contributed by atoms with Crippen LogP contribution < -0.4 is 27.1 Å². The van der Waals surface area contributed by atoms with Crippen LogP contribution in [0.1, 0.15) is 10.7 Å². The minimum Gasteiger partial charge on any atom is -0.477 e. The van der Waals surface area contributed by atoms with E-state index in [2.05, 4.69) is 25.4 Å². The summed E-state index contributed by atoms with van der Waals surface area (Å²) in [5.74, 6) is -1.91. The van der Waals surface area contributed by atoms with Crippen LogP contribution >= 0.6 is 46.0 Å². The molecule has 8 N–H and O–H groups in total. The fraction of sp³-hybridized carbons (Fsp3) is 0.250. The number of nitrogens with one attached hydrogen (secondary N) is 1. The van der Waals surface area contributed by atoms with Crippen LogP contribution in [0.3, 0.4) is 0 Å². The lowest BCUT2D eigenvalue weighted by Gasteiger charge is -2.49. The average molecular weight is 692 g/mol. The zero-order valence-corrected chi connectivity index (χ0v) is 26.4. The summed E-state index contributed by atoms with van der Waals surface area (Å²) in [4.78, 5) is 57.2. The van der Waals surface area contributed by atoms with Crippen molar-refractivity contribution in [2.24, 2.45) is 21.6 Å². The van der Waals surface area contributed by atoms with Crippen molar-refractivity contribution in [3.8, 4) is 0 Å². The van der Waals surface area contributed by atoms with E-state index in [1.54, 1.807) is 5.38 Å². The van der Waals surface area contributed by atoms with Crippen molar-refractivity contribution in [1.29, 1.82) is 0 Å². The van der Waals surface area contributed by atoms with Crippen molar-refractivity contribution >= 4 is 92.1 Å². The van der Waals surface area contributed by atoms with E-state index in [0.29, 0.717) is 23.7 Å². The van der Waals surface area contributed by atoms with Gasteiger partial charge in [0.2, 0.25) is 0 Å². The van der Waals surface area contributed by atoms with Crippen molar-refractivity contribution < 1.29 is 28.9 Å². The van der Waals surface area contributed by atoms with Gasteiger partial charge in [0.25, 0.3) is 11.8 Å². The van der Waals surface area contributed by atoms with E-state index in [-0.39, 0.29) is 39.1 Å². The number of fused-ring (bicyclic) bond motifs is 2. The Morgan fingerprint density at radius 2 is 2.11 bits per heavy atom. The molecule has 0 aromatic carbocycles. The number of oxime groups is 1. The molecule has 0 saturated carbocycles. The van der Waals surface area contributed by atoms with E-state index in [1.165, 1.54) is 35.1 Å². The fourth-order valence-corrected chi connectivity index (χ4v) is 7.93. The number of guanidine groups is 1. The van der Waals surface area contributed by atoms with Crippen LogP contribution in [0.2, 0.25) is 4.34 Å². The van der Waals surface area contributed by atoms with Crippen LogP contribution in [0.5, 0.6) is 0 Å². The summed E-state index contributed by atoms with van der Waals surface area (Å²) in [5, 5.41) is 18.5. The number of thiazole rings is 2. The van der Waals surface area contributed by atoms with Gasteiger partial charge in [-0.1, -0.05) is 28.1 Å². The Hall–Kier alpha value is -4.66. The van der Waals surface area contributed by atoms with Crippen molar-refractivity contribution in [1.82, 2.24) is 29.4 Å². The Kier molecular flexibility index (Phi) is 8.12. The van der Waals surface area contributed by atoms with Crippen LogP contribution in [0.4, 0.5) is 10.9 Å². The van der Waals surface area contributed by atoms with E-state index in [0.717, 1.165) is 22.0 Å². The fourth-order valence-electron chi connectivity index (χ4n) is 4.96. The first-order valence-corrected chi connectivity index (χ1v) is 16.0. The first-order valence-electron chi connectivity index (χ1n) is 12.9. The maximum Gasteiger partial charge on any atom is 0.352 e. The van der Waals surface area contributed by atoms with Crippen LogP contribution in [-0.4, -0.2) is 82.9 Å². The Labute approximate surface area is 270 Å². The second-order valence-corrected chi connectivity index (χ2v) is 13.3. The summed E-state index contributed by atoms with van der Waals surface area (Å²) in [6.07, 6.45) is 5.56. The molecule has 0 unspecified atom stereocenters. The molecular weight excluding hydrogens is 668 g/mol. The first-order chi connectivity index (χ1) is 21.5. The molecule has 0 aliphatic carbocycles. The second kappa shape index (κ2) is 12.0. The van der Waals surface area contributed by atoms with Gasteiger partial charge >= 0.3 is 11.6 Å². The Bertz CT molecular complexity index is 1940. The number of thioether (sulfide) groups is 1. The maximum absolute atomic E-state index is 13.3. The van der Waals surface area contributed by atoms with Gasteiger partial charge in [-0.3, -0.25) is 14.5 Å². The predicted octanol–water partition coefficient (Wildman–Crippen LogP) is -0.0806. The molecule has 1 fully saturated rings. The zero-order chi connectivity index (χ0) is 32.0. The number of hydrogen-bond donors (Lipinski definition) is 5. The highest BCUT2D eigenvalue weighted by Crippen LogP contribution is 2.41. The number of carbonyl (C=O) groups excluding carboxylic acids is 2. The molecular formula is C24H24ClN12O5S3+. The number of carbonyl (C=O) groups is 3. The molecule has 2 atom stereocenters. The zero-order valence-electron chi connectivity index (χ0n) is 23.2. The van der Waals surface area contributed by atoms with E-state index >= 15 is 0 Å². The average Bonchev–Trinajstić information content (AvgIpc) is 3.77. The number of imidazole rings is 1. The van der Waals surface area contributed by atoms with Crippen LogP contribution in [0.15, 0.2) is 51.5 Å². The number of carboxylic acids is 1. The number of β-lactam (4-membered cyclic amide) rings is 1. The SMILES string of the molecule is CO/N=C(\C(=O)N[C@@H]1C(=O)N2C(C(=O)O)=C(Cn3ccc4n3cc[n+]4Cc3nc(N=C(N)N)cs3)CS[C@H]12)c1nc(N)sc1Cl. The molecule has 234 valence electrons. The molecule has 1 saturated heterocycles. The predicted molar refractivity (Wildman–Crippen MR) is 167 cm³/mol. The topological polar surface area (TPSA) is 238 Å². The third-order valence-corrected chi connectivity index (χ3v) is 10.0. The van der Waals surface area contributed by atoms with Gasteiger partial charge in [0, 0.05) is 11.1 Å². The number of rotatable bonds is 10. The van der Waals surface area contributed by atoms with Gasteiger partial charge in [0.05, 0.1) is 18.8 Å². The van der Waals surface area contributed by atoms with Gasteiger partial charge in [-0.2, -0.15) is 4.99 Å². The number of aliphatic imine (C=N–C) groups is 1. The Morgan fingerprint density at radius 3 is 2.80 bits per heavy atom. The summed E-state index contributed by atoms with van der Waals surface area (Å²) >= 11 is 9.87. The molecule has 4 aromatic rings. The molecule has 0 spiro atoms. The normalized spacial score (nSPS) is 18.1. The van der Waals surface area contributed by atoms with Crippen LogP contribution in [0, 0.1) is 0 Å². The highest BCUT2D eigenvalue weighted by molar-refractivity contribution is 8.00. The number of amides is 2. The number of nitrogens with two attached hydrogens (primary N) is 3. The van der Waals surface area contributed by atoms with Crippen molar-refractivity contribution in [3.05, 3.63) is 56.3 Å². The molecule has 2 aliphatic heterocycles. The highest BCUT2D eigenvalue weighted by atomic mass is 35.5. The molecule has 6 rings (SSSR count). The Balaban J connectivity index is 1.19. The van der Waals surface area contributed by atoms with Gasteiger partial charge in [0.1, 0.15) is 52.0 Å². The molecule has 0 radical (unpaired) electrons.